The Morgan fingerprint density at radius 2 is 1.53 bits per heavy atom. The third kappa shape index (κ3) is 3.26. The van der Waals surface area contributed by atoms with Gasteiger partial charge in [0.15, 0.2) is 5.71 Å². The van der Waals surface area contributed by atoms with E-state index >= 15 is 0 Å². The molecule has 2 aliphatic heterocycles. The molecule has 3 heteroatoms. The largest absolute Gasteiger partial charge is 0.344 e. The highest BCUT2D eigenvalue weighted by atomic mass is 35.5. The highest BCUT2D eigenvalue weighted by Crippen LogP contribution is 2.48. The van der Waals surface area contributed by atoms with Gasteiger partial charge in [-0.3, -0.25) is 0 Å². The highest BCUT2D eigenvalue weighted by molar-refractivity contribution is 6.34. The van der Waals surface area contributed by atoms with Crippen LogP contribution in [0.5, 0.6) is 0 Å². The first-order valence-electron chi connectivity index (χ1n) is 12.4. The molecule has 0 saturated carbocycles. The number of likely N-dealkylation sites (N-methyl/N-ethyl adjacent to an activating group) is 1. The van der Waals surface area contributed by atoms with Crippen LogP contribution < -0.4 is 4.90 Å². The second-order valence-corrected chi connectivity index (χ2v) is 10.8. The van der Waals surface area contributed by atoms with Gasteiger partial charge in [0.2, 0.25) is 5.69 Å². The fourth-order valence-corrected chi connectivity index (χ4v) is 6.13. The van der Waals surface area contributed by atoms with Gasteiger partial charge in [0, 0.05) is 41.1 Å². The van der Waals surface area contributed by atoms with Crippen molar-refractivity contribution in [3.05, 3.63) is 106 Å². The van der Waals surface area contributed by atoms with Crippen LogP contribution in [0.3, 0.4) is 0 Å². The Kier molecular flexibility index (Phi) is 5.48. The van der Waals surface area contributed by atoms with Crippen LogP contribution in [0, 0.1) is 0 Å². The van der Waals surface area contributed by atoms with Crippen molar-refractivity contribution in [3.63, 3.8) is 0 Å². The van der Waals surface area contributed by atoms with Crippen molar-refractivity contribution in [2.24, 2.45) is 0 Å². The van der Waals surface area contributed by atoms with Crippen molar-refractivity contribution in [1.82, 2.24) is 0 Å². The summed E-state index contributed by atoms with van der Waals surface area (Å²) in [6.45, 7) is 15.5. The standard InChI is InChI=1S/C31H34ClN2/c1-7-33-25-15-11-9-13-23(25)30(3,4)27(33)19-21-17-18-22(29(21)32)20-28-31(5,6)24-14-10-12-16-26(24)34(28)8-2/h9-20H,7-8H2,1-6H3/q+1. The number of halogens is 1. The number of rotatable bonds is 4. The molecule has 2 nitrogen and oxygen atoms in total. The second kappa shape index (κ2) is 8.13. The van der Waals surface area contributed by atoms with Crippen LogP contribution in [-0.2, 0) is 10.8 Å². The van der Waals surface area contributed by atoms with Crippen molar-refractivity contribution >= 4 is 28.7 Å². The van der Waals surface area contributed by atoms with Gasteiger partial charge in [0.1, 0.15) is 6.54 Å². The molecule has 0 spiro atoms. The van der Waals surface area contributed by atoms with E-state index in [9.17, 15) is 0 Å². The Bertz CT molecular complexity index is 1330. The number of hydrogen-bond acceptors (Lipinski definition) is 1. The van der Waals surface area contributed by atoms with Crippen molar-refractivity contribution in [3.8, 4) is 0 Å². The molecule has 0 unspecified atom stereocenters. The molecular formula is C31H34ClN2+. The average molecular weight is 470 g/mol. The highest BCUT2D eigenvalue weighted by Gasteiger charge is 2.44. The summed E-state index contributed by atoms with van der Waals surface area (Å²) in [4.78, 5) is 2.42. The predicted molar refractivity (Wildman–Crippen MR) is 146 cm³/mol. The maximum absolute atomic E-state index is 7.05. The third-order valence-electron chi connectivity index (χ3n) is 7.76. The number of anilines is 1. The zero-order valence-electron chi connectivity index (χ0n) is 21.1. The molecule has 2 aromatic rings. The second-order valence-electron chi connectivity index (χ2n) is 10.4. The van der Waals surface area contributed by atoms with E-state index in [0.29, 0.717) is 0 Å². The van der Waals surface area contributed by atoms with Gasteiger partial charge in [0.05, 0.1) is 10.4 Å². The van der Waals surface area contributed by atoms with Crippen molar-refractivity contribution < 1.29 is 4.58 Å². The van der Waals surface area contributed by atoms with E-state index in [2.05, 4.69) is 124 Å². The van der Waals surface area contributed by atoms with Gasteiger partial charge in [-0.15, -0.1) is 0 Å². The molecule has 0 aromatic heterocycles. The van der Waals surface area contributed by atoms with E-state index in [4.69, 9.17) is 11.6 Å². The van der Waals surface area contributed by atoms with E-state index in [-0.39, 0.29) is 10.8 Å². The van der Waals surface area contributed by atoms with Gasteiger partial charge in [-0.2, -0.15) is 4.58 Å². The molecule has 2 heterocycles. The van der Waals surface area contributed by atoms with Crippen LogP contribution in [0.2, 0.25) is 0 Å². The summed E-state index contributed by atoms with van der Waals surface area (Å²) < 4.78 is 2.42. The fourth-order valence-electron chi connectivity index (χ4n) is 5.89. The number of para-hydroxylation sites is 2. The van der Waals surface area contributed by atoms with Crippen LogP contribution in [0.15, 0.2) is 94.7 Å². The Hall–Kier alpha value is -2.84. The normalized spacial score (nSPS) is 22.4. The summed E-state index contributed by atoms with van der Waals surface area (Å²) in [7, 11) is 0. The Morgan fingerprint density at radius 1 is 0.853 bits per heavy atom. The summed E-state index contributed by atoms with van der Waals surface area (Å²) in [5.41, 5.74) is 9.97. The average Bonchev–Trinajstić information content (AvgIpc) is 3.36. The van der Waals surface area contributed by atoms with Gasteiger partial charge in [-0.05, 0) is 56.5 Å². The van der Waals surface area contributed by atoms with E-state index in [1.54, 1.807) is 0 Å². The molecule has 1 aliphatic carbocycles. The van der Waals surface area contributed by atoms with Crippen LogP contribution in [0.25, 0.3) is 0 Å². The van der Waals surface area contributed by atoms with Gasteiger partial charge < -0.3 is 4.90 Å². The van der Waals surface area contributed by atoms with Crippen LogP contribution in [0.1, 0.15) is 52.7 Å². The molecule has 0 amide bonds. The first-order chi connectivity index (χ1) is 16.2. The van der Waals surface area contributed by atoms with Crippen LogP contribution >= 0.6 is 11.6 Å². The topological polar surface area (TPSA) is 6.25 Å². The number of fused-ring (bicyclic) bond motifs is 2. The molecule has 34 heavy (non-hydrogen) atoms. The zero-order chi connectivity index (χ0) is 24.3. The molecule has 0 radical (unpaired) electrons. The minimum Gasteiger partial charge on any atom is -0.344 e. The Balaban J connectivity index is 1.58. The summed E-state index contributed by atoms with van der Waals surface area (Å²) in [6, 6.07) is 17.5. The molecule has 174 valence electrons. The van der Waals surface area contributed by atoms with Gasteiger partial charge in [-0.25, -0.2) is 0 Å². The van der Waals surface area contributed by atoms with E-state index in [1.807, 2.05) is 0 Å². The maximum atomic E-state index is 7.05. The molecule has 2 aromatic carbocycles. The number of nitrogens with zero attached hydrogens (tertiary/aromatic N) is 2. The monoisotopic (exact) mass is 469 g/mol. The third-order valence-corrected chi connectivity index (χ3v) is 8.20. The Morgan fingerprint density at radius 3 is 2.24 bits per heavy atom. The summed E-state index contributed by atoms with van der Waals surface area (Å²) >= 11 is 7.05. The molecule has 0 atom stereocenters. The van der Waals surface area contributed by atoms with Crippen molar-refractivity contribution in [2.45, 2.75) is 52.4 Å². The van der Waals surface area contributed by atoms with Gasteiger partial charge >= 0.3 is 0 Å². The lowest BCUT2D eigenvalue weighted by molar-refractivity contribution is -0.433. The van der Waals surface area contributed by atoms with E-state index in [0.717, 1.165) is 29.3 Å². The molecule has 5 rings (SSSR count). The lowest BCUT2D eigenvalue weighted by atomic mass is 9.81. The quantitative estimate of drug-likeness (QED) is 0.414. The first kappa shape index (κ1) is 22.9. The SMILES string of the molecule is CCN1/C(=C\C2=C(Cl)C(=C/C3=[N+](CC)c4ccccc4C3(C)C)/C=C2)C(C)(C)c2ccccc21. The zero-order valence-corrected chi connectivity index (χ0v) is 21.9. The van der Waals surface area contributed by atoms with E-state index < -0.39 is 0 Å². The molecule has 0 fully saturated rings. The predicted octanol–water partition coefficient (Wildman–Crippen LogP) is 7.77. The minimum absolute atomic E-state index is 0.0695. The molecule has 0 saturated heterocycles. The van der Waals surface area contributed by atoms with Crippen molar-refractivity contribution in [1.29, 1.82) is 0 Å². The molecule has 3 aliphatic rings. The Labute approximate surface area is 209 Å². The van der Waals surface area contributed by atoms with Crippen LogP contribution in [-0.4, -0.2) is 23.4 Å². The molecule has 0 N–H and O–H groups in total. The lowest BCUT2D eigenvalue weighted by Crippen LogP contribution is -2.28. The lowest BCUT2D eigenvalue weighted by Gasteiger charge is -2.26. The maximum Gasteiger partial charge on any atom is 0.209 e. The van der Waals surface area contributed by atoms with E-state index in [1.165, 1.54) is 33.9 Å². The van der Waals surface area contributed by atoms with Gasteiger partial charge in [0.25, 0.3) is 0 Å². The summed E-state index contributed by atoms with van der Waals surface area (Å²) in [5, 5.41) is 0.825. The van der Waals surface area contributed by atoms with Crippen LogP contribution in [0.4, 0.5) is 11.4 Å². The smallest absolute Gasteiger partial charge is 0.209 e. The summed E-state index contributed by atoms with van der Waals surface area (Å²) in [5.74, 6) is 0. The minimum atomic E-state index is -0.0695. The first-order valence-corrected chi connectivity index (χ1v) is 12.7. The molecule has 0 bridgehead atoms. The number of allylic oxidation sites excluding steroid dienone is 8. The molecular weight excluding hydrogens is 436 g/mol. The van der Waals surface area contributed by atoms with Crippen molar-refractivity contribution in [2.75, 3.05) is 18.0 Å². The number of hydrogen-bond donors (Lipinski definition) is 0. The fraction of sp³-hybridized carbons (Fsp3) is 0.323. The van der Waals surface area contributed by atoms with Gasteiger partial charge in [-0.1, -0.05) is 74.0 Å². The number of benzene rings is 2. The summed E-state index contributed by atoms with van der Waals surface area (Å²) in [6.07, 6.45) is 8.92.